The molecule has 0 amide bonds. The largest absolute Gasteiger partial charge is 0.308 e. The highest BCUT2D eigenvalue weighted by Crippen LogP contribution is 2.09. The Hall–Kier alpha value is -0.870. The van der Waals surface area contributed by atoms with Crippen LogP contribution < -0.4 is 5.32 Å². The quantitative estimate of drug-likeness (QED) is 0.790. The molecule has 2 rings (SSSR count). The molecule has 1 aliphatic heterocycles. The first kappa shape index (κ1) is 10.6. The van der Waals surface area contributed by atoms with Crippen molar-refractivity contribution in [2.24, 2.45) is 7.05 Å². The molecule has 1 aliphatic rings. The molecule has 0 spiro atoms. The number of hydrogen-bond donors (Lipinski definition) is 1. The van der Waals surface area contributed by atoms with Crippen molar-refractivity contribution in [2.75, 3.05) is 20.1 Å². The summed E-state index contributed by atoms with van der Waals surface area (Å²) in [5.74, 6) is 0. The van der Waals surface area contributed by atoms with E-state index in [2.05, 4.69) is 28.4 Å². The minimum absolute atomic E-state index is 0.677. The van der Waals surface area contributed by atoms with Gasteiger partial charge in [-0.1, -0.05) is 0 Å². The van der Waals surface area contributed by atoms with Gasteiger partial charge in [-0.2, -0.15) is 5.10 Å². The van der Waals surface area contributed by atoms with Gasteiger partial charge in [-0.15, -0.1) is 0 Å². The Labute approximate surface area is 91.3 Å². The van der Waals surface area contributed by atoms with Gasteiger partial charge in [0.15, 0.2) is 0 Å². The lowest BCUT2D eigenvalue weighted by molar-refractivity contribution is 0.233. The number of aryl methyl sites for hydroxylation is 1. The Bertz CT molecular complexity index is 299. The molecule has 0 bridgehead atoms. The van der Waals surface area contributed by atoms with Gasteiger partial charge in [0.1, 0.15) is 0 Å². The van der Waals surface area contributed by atoms with E-state index in [1.165, 1.54) is 31.6 Å². The van der Waals surface area contributed by atoms with Crippen molar-refractivity contribution in [2.45, 2.75) is 25.4 Å². The molecular formula is C11H20N4. The molecule has 0 unspecified atom stereocenters. The van der Waals surface area contributed by atoms with Gasteiger partial charge in [-0.3, -0.25) is 4.68 Å². The molecule has 1 aromatic rings. The van der Waals surface area contributed by atoms with Gasteiger partial charge in [0.25, 0.3) is 0 Å². The van der Waals surface area contributed by atoms with Crippen molar-refractivity contribution in [3.63, 3.8) is 0 Å². The Morgan fingerprint density at radius 3 is 2.73 bits per heavy atom. The third kappa shape index (κ3) is 2.79. The smallest absolute Gasteiger partial charge is 0.0518 e. The van der Waals surface area contributed by atoms with Gasteiger partial charge in [-0.25, -0.2) is 0 Å². The van der Waals surface area contributed by atoms with E-state index in [9.17, 15) is 0 Å². The Morgan fingerprint density at radius 1 is 1.40 bits per heavy atom. The number of nitrogens with zero attached hydrogens (tertiary/aromatic N) is 3. The Kier molecular flexibility index (Phi) is 3.38. The average molecular weight is 208 g/mol. The number of piperidine rings is 1. The van der Waals surface area contributed by atoms with Crippen LogP contribution in [0.2, 0.25) is 0 Å². The lowest BCUT2D eigenvalue weighted by Crippen LogP contribution is -2.40. The van der Waals surface area contributed by atoms with Crippen molar-refractivity contribution in [1.29, 1.82) is 0 Å². The highest BCUT2D eigenvalue weighted by molar-refractivity contribution is 4.99. The number of rotatable bonds is 3. The molecule has 0 aromatic carbocycles. The number of aromatic nitrogens is 2. The summed E-state index contributed by atoms with van der Waals surface area (Å²) in [5, 5.41) is 7.76. The number of hydrogen-bond acceptors (Lipinski definition) is 3. The zero-order valence-electron chi connectivity index (χ0n) is 9.61. The molecule has 1 saturated heterocycles. The van der Waals surface area contributed by atoms with Gasteiger partial charge in [0.2, 0.25) is 0 Å². The van der Waals surface area contributed by atoms with Gasteiger partial charge in [0, 0.05) is 25.8 Å². The second-order valence-corrected chi connectivity index (χ2v) is 4.40. The summed E-state index contributed by atoms with van der Waals surface area (Å²) >= 11 is 0. The van der Waals surface area contributed by atoms with Crippen molar-refractivity contribution in [1.82, 2.24) is 20.0 Å². The summed E-state index contributed by atoms with van der Waals surface area (Å²) in [4.78, 5) is 2.39. The molecule has 0 saturated carbocycles. The van der Waals surface area contributed by atoms with Crippen LogP contribution in [0.3, 0.4) is 0 Å². The van der Waals surface area contributed by atoms with E-state index in [0.29, 0.717) is 6.04 Å². The molecule has 4 nitrogen and oxygen atoms in total. The molecule has 1 aromatic heterocycles. The zero-order valence-corrected chi connectivity index (χ0v) is 9.61. The summed E-state index contributed by atoms with van der Waals surface area (Å²) in [6.07, 6.45) is 4.37. The molecule has 4 heteroatoms. The fourth-order valence-corrected chi connectivity index (χ4v) is 2.04. The zero-order chi connectivity index (χ0) is 10.7. The molecule has 0 atom stereocenters. The van der Waals surface area contributed by atoms with Crippen LogP contribution in [0.4, 0.5) is 0 Å². The molecule has 0 aliphatic carbocycles. The van der Waals surface area contributed by atoms with Gasteiger partial charge in [-0.05, 0) is 39.0 Å². The fourth-order valence-electron chi connectivity index (χ4n) is 2.04. The van der Waals surface area contributed by atoms with Crippen molar-refractivity contribution < 1.29 is 0 Å². The first-order valence-electron chi connectivity index (χ1n) is 5.64. The van der Waals surface area contributed by atoms with Crippen LogP contribution in [-0.2, 0) is 13.6 Å². The Balaban J connectivity index is 1.77. The standard InChI is InChI=1S/C11H20N4/c1-14-7-4-10(5-8-14)12-9-11-3-6-13-15(11)2/h3,6,10,12H,4-5,7-9H2,1-2H3. The second-order valence-electron chi connectivity index (χ2n) is 4.40. The van der Waals surface area contributed by atoms with Crippen molar-refractivity contribution in [3.8, 4) is 0 Å². The van der Waals surface area contributed by atoms with E-state index in [-0.39, 0.29) is 0 Å². The van der Waals surface area contributed by atoms with Crippen LogP contribution in [0.5, 0.6) is 0 Å². The predicted octanol–water partition coefficient (Wildman–Crippen LogP) is 0.604. The summed E-state index contributed by atoms with van der Waals surface area (Å²) in [5.41, 5.74) is 1.26. The van der Waals surface area contributed by atoms with Crippen LogP contribution in [0.1, 0.15) is 18.5 Å². The first-order chi connectivity index (χ1) is 7.25. The minimum atomic E-state index is 0.677. The fraction of sp³-hybridized carbons (Fsp3) is 0.727. The van der Waals surface area contributed by atoms with E-state index in [4.69, 9.17) is 0 Å². The summed E-state index contributed by atoms with van der Waals surface area (Å²) < 4.78 is 1.93. The highest BCUT2D eigenvalue weighted by Gasteiger charge is 2.15. The van der Waals surface area contributed by atoms with E-state index in [0.717, 1.165) is 6.54 Å². The van der Waals surface area contributed by atoms with Gasteiger partial charge < -0.3 is 10.2 Å². The molecule has 0 radical (unpaired) electrons. The van der Waals surface area contributed by atoms with E-state index < -0.39 is 0 Å². The SMILES string of the molecule is CN1CCC(NCc2ccnn2C)CC1. The highest BCUT2D eigenvalue weighted by atomic mass is 15.3. The third-order valence-corrected chi connectivity index (χ3v) is 3.21. The van der Waals surface area contributed by atoms with Crippen LogP contribution in [0.25, 0.3) is 0 Å². The monoisotopic (exact) mass is 208 g/mol. The number of likely N-dealkylation sites (tertiary alicyclic amines) is 1. The maximum Gasteiger partial charge on any atom is 0.0518 e. The van der Waals surface area contributed by atoms with Gasteiger partial charge in [0.05, 0.1) is 5.69 Å². The summed E-state index contributed by atoms with van der Waals surface area (Å²) in [7, 11) is 4.18. The van der Waals surface area contributed by atoms with Crippen LogP contribution in [0.15, 0.2) is 12.3 Å². The van der Waals surface area contributed by atoms with Gasteiger partial charge >= 0.3 is 0 Å². The lowest BCUT2D eigenvalue weighted by atomic mass is 10.1. The molecule has 1 N–H and O–H groups in total. The first-order valence-corrected chi connectivity index (χ1v) is 5.64. The maximum absolute atomic E-state index is 4.16. The topological polar surface area (TPSA) is 33.1 Å². The minimum Gasteiger partial charge on any atom is -0.308 e. The Morgan fingerprint density at radius 2 is 2.13 bits per heavy atom. The van der Waals surface area contributed by atoms with E-state index in [1.807, 2.05) is 17.9 Å². The summed E-state index contributed by atoms with van der Waals surface area (Å²) in [6, 6.07) is 2.75. The van der Waals surface area contributed by atoms with Crippen LogP contribution in [-0.4, -0.2) is 40.9 Å². The summed E-state index contributed by atoms with van der Waals surface area (Å²) in [6.45, 7) is 3.36. The number of nitrogens with one attached hydrogen (secondary N) is 1. The second kappa shape index (κ2) is 4.77. The third-order valence-electron chi connectivity index (χ3n) is 3.21. The molecule has 84 valence electrons. The normalized spacial score (nSPS) is 19.6. The van der Waals surface area contributed by atoms with Crippen molar-refractivity contribution in [3.05, 3.63) is 18.0 Å². The van der Waals surface area contributed by atoms with Crippen molar-refractivity contribution >= 4 is 0 Å². The molecular weight excluding hydrogens is 188 g/mol. The van der Waals surface area contributed by atoms with Crippen LogP contribution >= 0.6 is 0 Å². The van der Waals surface area contributed by atoms with E-state index >= 15 is 0 Å². The van der Waals surface area contributed by atoms with Crippen LogP contribution in [0, 0.1) is 0 Å². The lowest BCUT2D eigenvalue weighted by Gasteiger charge is -2.29. The maximum atomic E-state index is 4.16. The molecule has 1 fully saturated rings. The molecule has 15 heavy (non-hydrogen) atoms. The predicted molar refractivity (Wildman–Crippen MR) is 60.6 cm³/mol. The van der Waals surface area contributed by atoms with E-state index in [1.54, 1.807) is 0 Å². The average Bonchev–Trinajstić information content (AvgIpc) is 2.63. The molecule has 2 heterocycles.